The summed E-state index contributed by atoms with van der Waals surface area (Å²) < 4.78 is 33.8. The first-order chi connectivity index (χ1) is 14.9. The number of sulfonamides is 1. The van der Waals surface area contributed by atoms with E-state index in [1.54, 1.807) is 16.4 Å². The van der Waals surface area contributed by atoms with Crippen LogP contribution >= 0.6 is 0 Å². The van der Waals surface area contributed by atoms with E-state index in [-0.39, 0.29) is 28.2 Å². The van der Waals surface area contributed by atoms with Gasteiger partial charge in [-0.3, -0.25) is 4.79 Å². The van der Waals surface area contributed by atoms with Crippen LogP contribution in [0.15, 0.2) is 53.4 Å². The molecule has 164 valence electrons. The number of anilines is 1. The van der Waals surface area contributed by atoms with Crippen molar-refractivity contribution in [2.45, 2.75) is 42.7 Å². The SMILES string of the molecule is O=C(O)c1ccccc1C(=O)Nc1ccc(S(=O)(=O)N2CCOC3CCCCC32)cc1. The number of amides is 1. The third kappa shape index (κ3) is 4.34. The van der Waals surface area contributed by atoms with Gasteiger partial charge in [-0.05, 0) is 49.2 Å². The third-order valence-electron chi connectivity index (χ3n) is 5.80. The van der Waals surface area contributed by atoms with Gasteiger partial charge in [-0.15, -0.1) is 0 Å². The van der Waals surface area contributed by atoms with E-state index in [1.807, 2.05) is 0 Å². The number of nitrogens with zero attached hydrogens (tertiary/aromatic N) is 1. The molecule has 2 aromatic rings. The van der Waals surface area contributed by atoms with Gasteiger partial charge >= 0.3 is 5.97 Å². The lowest BCUT2D eigenvalue weighted by Gasteiger charge is -2.42. The van der Waals surface area contributed by atoms with Gasteiger partial charge in [0.25, 0.3) is 5.91 Å². The monoisotopic (exact) mass is 444 g/mol. The van der Waals surface area contributed by atoms with Gasteiger partial charge in [0.2, 0.25) is 10.0 Å². The fourth-order valence-electron chi connectivity index (χ4n) is 4.27. The van der Waals surface area contributed by atoms with E-state index in [1.165, 1.54) is 36.4 Å². The third-order valence-corrected chi connectivity index (χ3v) is 7.74. The second-order valence-electron chi connectivity index (χ2n) is 7.71. The van der Waals surface area contributed by atoms with E-state index >= 15 is 0 Å². The van der Waals surface area contributed by atoms with Gasteiger partial charge in [0.05, 0.1) is 34.8 Å². The Morgan fingerprint density at radius 1 is 1.00 bits per heavy atom. The number of rotatable bonds is 5. The average molecular weight is 445 g/mol. The van der Waals surface area contributed by atoms with E-state index in [9.17, 15) is 23.1 Å². The summed E-state index contributed by atoms with van der Waals surface area (Å²) in [5.41, 5.74) is 0.304. The smallest absolute Gasteiger partial charge is 0.336 e. The Balaban J connectivity index is 1.51. The molecule has 1 saturated carbocycles. The zero-order chi connectivity index (χ0) is 22.0. The van der Waals surface area contributed by atoms with Crippen molar-refractivity contribution in [2.24, 2.45) is 0 Å². The van der Waals surface area contributed by atoms with Crippen molar-refractivity contribution in [3.05, 3.63) is 59.7 Å². The highest BCUT2D eigenvalue weighted by Crippen LogP contribution is 2.32. The molecule has 0 radical (unpaired) electrons. The lowest BCUT2D eigenvalue weighted by Crippen LogP contribution is -2.54. The van der Waals surface area contributed by atoms with Crippen LogP contribution in [0.2, 0.25) is 0 Å². The van der Waals surface area contributed by atoms with Crippen LogP contribution in [-0.2, 0) is 14.8 Å². The lowest BCUT2D eigenvalue weighted by molar-refractivity contribution is -0.0586. The summed E-state index contributed by atoms with van der Waals surface area (Å²) in [5.74, 6) is -1.77. The Morgan fingerprint density at radius 2 is 1.68 bits per heavy atom. The highest BCUT2D eigenvalue weighted by Gasteiger charge is 2.40. The molecule has 2 aromatic carbocycles. The van der Waals surface area contributed by atoms with Crippen molar-refractivity contribution in [1.82, 2.24) is 4.31 Å². The molecule has 0 spiro atoms. The minimum Gasteiger partial charge on any atom is -0.478 e. The standard InChI is InChI=1S/C22H24N2O6S/c25-21(17-5-1-2-6-18(17)22(26)27)23-15-9-11-16(12-10-15)31(28,29)24-13-14-30-20-8-4-3-7-19(20)24/h1-2,5-6,9-12,19-20H,3-4,7-8,13-14H2,(H,23,25)(H,26,27). The molecule has 2 fully saturated rings. The van der Waals surface area contributed by atoms with Gasteiger partial charge in [0.1, 0.15) is 0 Å². The molecule has 0 bridgehead atoms. The number of hydrogen-bond acceptors (Lipinski definition) is 5. The predicted octanol–water partition coefficient (Wildman–Crippen LogP) is 2.97. The van der Waals surface area contributed by atoms with E-state index < -0.39 is 21.9 Å². The van der Waals surface area contributed by atoms with E-state index in [0.29, 0.717) is 18.8 Å². The summed E-state index contributed by atoms with van der Waals surface area (Å²) >= 11 is 0. The molecule has 2 N–H and O–H groups in total. The van der Waals surface area contributed by atoms with Crippen molar-refractivity contribution < 1.29 is 27.9 Å². The Kier molecular flexibility index (Phi) is 6.08. The molecule has 1 saturated heterocycles. The molecule has 31 heavy (non-hydrogen) atoms. The average Bonchev–Trinajstić information content (AvgIpc) is 2.79. The van der Waals surface area contributed by atoms with E-state index in [4.69, 9.17) is 4.74 Å². The summed E-state index contributed by atoms with van der Waals surface area (Å²) in [6.45, 7) is 0.714. The van der Waals surface area contributed by atoms with Crippen LogP contribution in [0, 0.1) is 0 Å². The molecule has 2 unspecified atom stereocenters. The van der Waals surface area contributed by atoms with Crippen molar-refractivity contribution in [3.63, 3.8) is 0 Å². The molecule has 9 heteroatoms. The van der Waals surface area contributed by atoms with Crippen LogP contribution < -0.4 is 5.32 Å². The predicted molar refractivity (Wildman–Crippen MR) is 114 cm³/mol. The fourth-order valence-corrected chi connectivity index (χ4v) is 5.93. The zero-order valence-electron chi connectivity index (χ0n) is 16.9. The molecular weight excluding hydrogens is 420 g/mol. The van der Waals surface area contributed by atoms with Crippen LogP contribution in [0.5, 0.6) is 0 Å². The number of fused-ring (bicyclic) bond motifs is 1. The number of nitrogens with one attached hydrogen (secondary N) is 1. The minimum absolute atomic E-state index is 0.0309. The fraction of sp³-hybridized carbons (Fsp3) is 0.364. The first kappa shape index (κ1) is 21.5. The number of carbonyl (C=O) groups excluding carboxylic acids is 1. The quantitative estimate of drug-likeness (QED) is 0.733. The molecular formula is C22H24N2O6S. The number of carboxylic acids is 1. The summed E-state index contributed by atoms with van der Waals surface area (Å²) in [6.07, 6.45) is 3.65. The Morgan fingerprint density at radius 3 is 2.39 bits per heavy atom. The Bertz CT molecular complexity index is 1080. The zero-order valence-corrected chi connectivity index (χ0v) is 17.7. The Labute approximate surface area is 180 Å². The van der Waals surface area contributed by atoms with Crippen LogP contribution in [0.3, 0.4) is 0 Å². The maximum absolute atomic E-state index is 13.2. The maximum atomic E-state index is 13.2. The largest absolute Gasteiger partial charge is 0.478 e. The van der Waals surface area contributed by atoms with Gasteiger partial charge in [-0.2, -0.15) is 4.31 Å². The van der Waals surface area contributed by atoms with Crippen LogP contribution in [-0.4, -0.2) is 55.0 Å². The van der Waals surface area contributed by atoms with Crippen LogP contribution in [0.25, 0.3) is 0 Å². The number of carbonyl (C=O) groups is 2. The Hall–Kier alpha value is -2.75. The van der Waals surface area contributed by atoms with E-state index in [2.05, 4.69) is 5.32 Å². The number of morpholine rings is 1. The molecule has 2 aliphatic rings. The topological polar surface area (TPSA) is 113 Å². The highest BCUT2D eigenvalue weighted by molar-refractivity contribution is 7.89. The van der Waals surface area contributed by atoms with Crippen LogP contribution in [0.4, 0.5) is 5.69 Å². The van der Waals surface area contributed by atoms with Gasteiger partial charge in [-0.25, -0.2) is 13.2 Å². The number of benzene rings is 2. The van der Waals surface area contributed by atoms with Crippen molar-refractivity contribution >= 4 is 27.6 Å². The lowest BCUT2D eigenvalue weighted by atomic mass is 9.91. The second kappa shape index (κ2) is 8.78. The molecule has 1 aliphatic carbocycles. The molecule has 1 aliphatic heterocycles. The molecule has 8 nitrogen and oxygen atoms in total. The number of hydrogen-bond donors (Lipinski definition) is 2. The van der Waals surface area contributed by atoms with Gasteiger partial charge in [0, 0.05) is 12.2 Å². The summed E-state index contributed by atoms with van der Waals surface area (Å²) in [4.78, 5) is 24.0. The summed E-state index contributed by atoms with van der Waals surface area (Å²) in [5, 5.41) is 11.9. The van der Waals surface area contributed by atoms with Crippen molar-refractivity contribution in [3.8, 4) is 0 Å². The summed E-state index contributed by atoms with van der Waals surface area (Å²) in [7, 11) is -3.68. The number of ether oxygens (including phenoxy) is 1. The first-order valence-electron chi connectivity index (χ1n) is 10.2. The number of aromatic carboxylic acids is 1. The van der Waals surface area contributed by atoms with Crippen molar-refractivity contribution in [2.75, 3.05) is 18.5 Å². The maximum Gasteiger partial charge on any atom is 0.336 e. The van der Waals surface area contributed by atoms with Crippen LogP contribution in [0.1, 0.15) is 46.4 Å². The molecule has 4 rings (SSSR count). The van der Waals surface area contributed by atoms with Crippen molar-refractivity contribution in [1.29, 1.82) is 0 Å². The second-order valence-corrected chi connectivity index (χ2v) is 9.60. The summed E-state index contributed by atoms with van der Waals surface area (Å²) in [6, 6.07) is 11.7. The highest BCUT2D eigenvalue weighted by atomic mass is 32.2. The van der Waals surface area contributed by atoms with E-state index in [0.717, 1.165) is 25.7 Å². The normalized spacial score (nSPS) is 21.8. The van der Waals surface area contributed by atoms with Gasteiger partial charge < -0.3 is 15.2 Å². The van der Waals surface area contributed by atoms with Gasteiger partial charge in [0.15, 0.2) is 0 Å². The number of carboxylic acid groups (broad SMARTS) is 1. The minimum atomic E-state index is -3.68. The molecule has 2 atom stereocenters. The molecule has 1 amide bonds. The molecule has 1 heterocycles. The molecule has 0 aromatic heterocycles. The van der Waals surface area contributed by atoms with Gasteiger partial charge in [-0.1, -0.05) is 25.0 Å². The first-order valence-corrected chi connectivity index (χ1v) is 11.7.